The minimum atomic E-state index is -0.851. The van der Waals surface area contributed by atoms with Crippen molar-refractivity contribution in [3.05, 3.63) is 88.6 Å². The molecule has 1 fully saturated rings. The first-order valence-electron chi connectivity index (χ1n) is 9.79. The molecule has 0 saturated carbocycles. The Morgan fingerprint density at radius 1 is 1.19 bits per heavy atom. The van der Waals surface area contributed by atoms with Crippen molar-refractivity contribution < 1.29 is 23.8 Å². The van der Waals surface area contributed by atoms with Gasteiger partial charge in [0.05, 0.1) is 12.7 Å². The zero-order valence-corrected chi connectivity index (χ0v) is 17.5. The third kappa shape index (κ3) is 3.70. The molecule has 3 heterocycles. The average molecular weight is 418 g/mol. The van der Waals surface area contributed by atoms with Gasteiger partial charge < -0.3 is 19.2 Å². The number of rotatable bonds is 5. The molecule has 0 radical (unpaired) electrons. The number of aliphatic hydroxyl groups is 1. The van der Waals surface area contributed by atoms with Gasteiger partial charge in [0.2, 0.25) is 0 Å². The number of ether oxygens (including phenoxy) is 1. The number of hydrogen-bond acceptors (Lipinski definition) is 6. The van der Waals surface area contributed by atoms with E-state index in [1.807, 2.05) is 13.0 Å². The van der Waals surface area contributed by atoms with Crippen LogP contribution in [-0.4, -0.2) is 33.8 Å². The first-order valence-corrected chi connectivity index (χ1v) is 9.79. The van der Waals surface area contributed by atoms with Crippen LogP contribution < -0.4 is 4.74 Å². The van der Waals surface area contributed by atoms with Crippen LogP contribution in [-0.2, 0) is 16.1 Å². The second-order valence-electron chi connectivity index (χ2n) is 7.42. The highest BCUT2D eigenvalue weighted by molar-refractivity contribution is 6.46. The molecule has 1 aliphatic rings. The highest BCUT2D eigenvalue weighted by Crippen LogP contribution is 2.41. The first-order chi connectivity index (χ1) is 14.9. The Kier molecular flexibility index (Phi) is 5.33. The van der Waals surface area contributed by atoms with E-state index in [0.29, 0.717) is 22.8 Å². The number of ketones is 1. The van der Waals surface area contributed by atoms with Gasteiger partial charge in [-0.3, -0.25) is 14.6 Å². The molecule has 1 amide bonds. The van der Waals surface area contributed by atoms with E-state index in [1.165, 1.54) is 4.90 Å². The smallest absolute Gasteiger partial charge is 0.296 e. The maximum absolute atomic E-state index is 13.0. The minimum absolute atomic E-state index is 0.00666. The SMILES string of the molecule is COc1ccc(/C(O)=C2/C(=O)C(=O)N(Cc3cccnc3)C2c2ccc(C)o2)cc1C. The monoisotopic (exact) mass is 418 g/mol. The van der Waals surface area contributed by atoms with Crippen LogP contribution in [0.5, 0.6) is 5.75 Å². The summed E-state index contributed by atoms with van der Waals surface area (Å²) < 4.78 is 11.1. The van der Waals surface area contributed by atoms with Crippen LogP contribution in [0.4, 0.5) is 0 Å². The molecule has 3 aromatic rings. The van der Waals surface area contributed by atoms with E-state index in [0.717, 1.165) is 11.1 Å². The number of pyridine rings is 1. The molecule has 1 N–H and O–H groups in total. The zero-order valence-electron chi connectivity index (χ0n) is 17.5. The zero-order chi connectivity index (χ0) is 22.1. The van der Waals surface area contributed by atoms with Crippen molar-refractivity contribution in [2.24, 2.45) is 0 Å². The van der Waals surface area contributed by atoms with Gasteiger partial charge in [-0.25, -0.2) is 0 Å². The fraction of sp³-hybridized carbons (Fsp3) is 0.208. The van der Waals surface area contributed by atoms with E-state index in [9.17, 15) is 14.7 Å². The van der Waals surface area contributed by atoms with Gasteiger partial charge >= 0.3 is 0 Å². The quantitative estimate of drug-likeness (QED) is 0.384. The van der Waals surface area contributed by atoms with Gasteiger partial charge in [0.15, 0.2) is 0 Å². The number of aliphatic hydroxyl groups excluding tert-OH is 1. The van der Waals surface area contributed by atoms with Crippen LogP contribution in [0.2, 0.25) is 0 Å². The molecule has 7 nitrogen and oxygen atoms in total. The van der Waals surface area contributed by atoms with E-state index < -0.39 is 17.7 Å². The maximum atomic E-state index is 13.0. The fourth-order valence-corrected chi connectivity index (χ4v) is 3.81. The predicted octanol–water partition coefficient (Wildman–Crippen LogP) is 3.92. The molecule has 0 spiro atoms. The normalized spacial score (nSPS) is 17.9. The topological polar surface area (TPSA) is 92.9 Å². The van der Waals surface area contributed by atoms with E-state index in [2.05, 4.69) is 4.98 Å². The van der Waals surface area contributed by atoms with Crippen molar-refractivity contribution in [3.8, 4) is 5.75 Å². The van der Waals surface area contributed by atoms with Crippen molar-refractivity contribution in [1.29, 1.82) is 0 Å². The van der Waals surface area contributed by atoms with E-state index in [4.69, 9.17) is 9.15 Å². The Bertz CT molecular complexity index is 1180. The molecule has 7 heteroatoms. The number of methoxy groups -OCH3 is 1. The number of carbonyl (C=O) groups is 2. The minimum Gasteiger partial charge on any atom is -0.507 e. The molecule has 1 aliphatic heterocycles. The van der Waals surface area contributed by atoms with Gasteiger partial charge in [-0.15, -0.1) is 0 Å². The number of carbonyl (C=O) groups excluding carboxylic acids is 2. The van der Waals surface area contributed by atoms with E-state index >= 15 is 0 Å². The molecular weight excluding hydrogens is 396 g/mol. The molecule has 1 atom stereocenters. The summed E-state index contributed by atoms with van der Waals surface area (Å²) in [4.78, 5) is 31.5. The van der Waals surface area contributed by atoms with Gasteiger partial charge in [-0.05, 0) is 61.4 Å². The van der Waals surface area contributed by atoms with Crippen molar-refractivity contribution in [1.82, 2.24) is 9.88 Å². The van der Waals surface area contributed by atoms with Crippen LogP contribution in [0, 0.1) is 13.8 Å². The fourth-order valence-electron chi connectivity index (χ4n) is 3.81. The second-order valence-corrected chi connectivity index (χ2v) is 7.42. The summed E-state index contributed by atoms with van der Waals surface area (Å²) in [7, 11) is 1.56. The number of amides is 1. The third-order valence-electron chi connectivity index (χ3n) is 5.31. The molecule has 31 heavy (non-hydrogen) atoms. The molecular formula is C24H22N2O5. The van der Waals surface area contributed by atoms with Crippen LogP contribution >= 0.6 is 0 Å². The Morgan fingerprint density at radius 2 is 2.00 bits per heavy atom. The van der Waals surface area contributed by atoms with Gasteiger partial charge in [0, 0.05) is 24.5 Å². The number of hydrogen-bond donors (Lipinski definition) is 1. The highest BCUT2D eigenvalue weighted by atomic mass is 16.5. The molecule has 0 aliphatic carbocycles. The van der Waals surface area contributed by atoms with Gasteiger partial charge in [-0.2, -0.15) is 0 Å². The van der Waals surface area contributed by atoms with Crippen LogP contribution in [0.1, 0.15) is 34.3 Å². The molecule has 2 aromatic heterocycles. The number of aromatic nitrogens is 1. The van der Waals surface area contributed by atoms with Gasteiger partial charge in [-0.1, -0.05) is 6.07 Å². The lowest BCUT2D eigenvalue weighted by molar-refractivity contribution is -0.140. The van der Waals surface area contributed by atoms with Crippen molar-refractivity contribution in [2.45, 2.75) is 26.4 Å². The van der Waals surface area contributed by atoms with E-state index in [1.54, 1.807) is 62.8 Å². The predicted molar refractivity (Wildman–Crippen MR) is 113 cm³/mol. The van der Waals surface area contributed by atoms with E-state index in [-0.39, 0.29) is 17.9 Å². The largest absolute Gasteiger partial charge is 0.507 e. The number of nitrogens with zero attached hydrogens (tertiary/aromatic N) is 2. The van der Waals surface area contributed by atoms with Crippen molar-refractivity contribution >= 4 is 17.4 Å². The Hall–Kier alpha value is -3.87. The summed E-state index contributed by atoms with van der Waals surface area (Å²) in [5, 5.41) is 11.1. The Balaban J connectivity index is 1.85. The molecule has 1 aromatic carbocycles. The highest BCUT2D eigenvalue weighted by Gasteiger charge is 2.47. The number of likely N-dealkylation sites (tertiary alicyclic amines) is 1. The maximum Gasteiger partial charge on any atom is 0.296 e. The third-order valence-corrected chi connectivity index (χ3v) is 5.31. The molecule has 1 saturated heterocycles. The van der Waals surface area contributed by atoms with Gasteiger partial charge in [0.1, 0.15) is 29.1 Å². The summed E-state index contributed by atoms with van der Waals surface area (Å²) in [6, 6.07) is 11.3. The van der Waals surface area contributed by atoms with Crippen LogP contribution in [0.3, 0.4) is 0 Å². The summed E-state index contributed by atoms with van der Waals surface area (Å²) in [6.07, 6.45) is 3.27. The first kappa shape index (κ1) is 20.4. The summed E-state index contributed by atoms with van der Waals surface area (Å²) in [5.74, 6) is 0.00173. The lowest BCUT2D eigenvalue weighted by Gasteiger charge is -2.23. The average Bonchev–Trinajstić information content (AvgIpc) is 3.30. The Morgan fingerprint density at radius 3 is 2.61 bits per heavy atom. The lowest BCUT2D eigenvalue weighted by atomic mass is 9.98. The molecule has 1 unspecified atom stereocenters. The molecule has 4 rings (SSSR count). The summed E-state index contributed by atoms with van der Waals surface area (Å²) >= 11 is 0. The van der Waals surface area contributed by atoms with Crippen LogP contribution in [0.15, 0.2) is 64.8 Å². The lowest BCUT2D eigenvalue weighted by Crippen LogP contribution is -2.29. The number of Topliss-reactive ketones (excluding diaryl/α,β-unsaturated/α-hetero) is 1. The summed E-state index contributed by atoms with van der Waals surface area (Å²) in [6.45, 7) is 3.77. The Labute approximate surface area is 179 Å². The second kappa shape index (κ2) is 8.10. The molecule has 0 bridgehead atoms. The number of aryl methyl sites for hydroxylation is 2. The van der Waals surface area contributed by atoms with Crippen LogP contribution in [0.25, 0.3) is 5.76 Å². The number of benzene rings is 1. The van der Waals surface area contributed by atoms with Gasteiger partial charge in [0.25, 0.3) is 11.7 Å². The summed E-state index contributed by atoms with van der Waals surface area (Å²) in [5.41, 5.74) is 1.97. The standard InChI is InChI=1S/C24H22N2O5/c1-14-11-17(7-9-18(14)30-3)22(27)20-21(19-8-6-15(2)31-19)26(24(29)23(20)28)13-16-5-4-10-25-12-16/h4-12,21,27H,13H2,1-3H3/b22-20-. The van der Waals surface area contributed by atoms with Crippen molar-refractivity contribution in [2.75, 3.05) is 7.11 Å². The molecule has 158 valence electrons. The van der Waals surface area contributed by atoms with Crippen molar-refractivity contribution in [3.63, 3.8) is 0 Å². The number of furan rings is 1.